The Kier molecular flexibility index (Phi) is 9.18. The van der Waals surface area contributed by atoms with Crippen LogP contribution in [0.3, 0.4) is 0 Å². The van der Waals surface area contributed by atoms with Gasteiger partial charge in [0.1, 0.15) is 0 Å². The zero-order valence-electron chi connectivity index (χ0n) is 21.3. The van der Waals surface area contributed by atoms with Gasteiger partial charge in [-0.3, -0.25) is 4.79 Å². The molecule has 0 heterocycles. The highest BCUT2D eigenvalue weighted by molar-refractivity contribution is 6.13. The molecule has 0 saturated heterocycles. The first kappa shape index (κ1) is 29.6. The normalized spacial score (nSPS) is 10.1. The summed E-state index contributed by atoms with van der Waals surface area (Å²) in [5.74, 6) is -6.86. The third-order valence-electron chi connectivity index (χ3n) is 5.85. The summed E-state index contributed by atoms with van der Waals surface area (Å²) in [5, 5.41) is 36.1. The number of anilines is 2. The van der Waals surface area contributed by atoms with Crippen LogP contribution in [0.2, 0.25) is 0 Å². The number of hydrogen-bond donors (Lipinski definition) is 6. The maximum atomic E-state index is 12.5. The van der Waals surface area contributed by atoms with Gasteiger partial charge in [-0.15, -0.1) is 0 Å². The Hall–Kier alpha value is -5.97. The van der Waals surface area contributed by atoms with Crippen LogP contribution in [0, 0.1) is 0 Å². The van der Waals surface area contributed by atoms with Crippen molar-refractivity contribution in [3.8, 4) is 0 Å². The summed E-state index contributed by atoms with van der Waals surface area (Å²) in [7, 11) is 0. The fraction of sp³-hybridized carbons (Fsp3) is 0.0333. The van der Waals surface area contributed by atoms with Crippen LogP contribution in [0.25, 0.3) is 0 Å². The summed E-state index contributed by atoms with van der Waals surface area (Å²) in [4.78, 5) is 56.9. The minimum atomic E-state index is -1.55. The van der Waals surface area contributed by atoms with Crippen LogP contribution in [0.15, 0.2) is 84.9 Å². The molecule has 0 aliphatic rings. The Bertz CT molecular complexity index is 1520. The predicted molar refractivity (Wildman–Crippen MR) is 149 cm³/mol. The van der Waals surface area contributed by atoms with Gasteiger partial charge in [0, 0.05) is 22.5 Å². The molecule has 8 N–H and O–H groups in total. The molecular weight excluding hydrogens is 532 g/mol. The van der Waals surface area contributed by atoms with Crippen molar-refractivity contribution in [2.75, 3.05) is 11.5 Å². The number of aromatic carboxylic acids is 4. The van der Waals surface area contributed by atoms with Crippen molar-refractivity contribution in [3.63, 3.8) is 0 Å². The summed E-state index contributed by atoms with van der Waals surface area (Å²) in [6.45, 7) is 0. The summed E-state index contributed by atoms with van der Waals surface area (Å²) in [6, 6.07) is 21.7. The summed E-state index contributed by atoms with van der Waals surface area (Å²) in [6.07, 6.45) is 0.917. The molecule has 41 heavy (non-hydrogen) atoms. The van der Waals surface area contributed by atoms with Crippen LogP contribution in [0.5, 0.6) is 0 Å². The predicted octanol–water partition coefficient (Wildman–Crippen LogP) is 4.15. The van der Waals surface area contributed by atoms with Gasteiger partial charge < -0.3 is 31.9 Å². The van der Waals surface area contributed by atoms with Crippen LogP contribution in [-0.4, -0.2) is 50.1 Å². The minimum absolute atomic E-state index is 0.188. The number of carboxylic acid groups (broad SMARTS) is 4. The van der Waals surface area contributed by atoms with Crippen molar-refractivity contribution in [2.45, 2.75) is 6.42 Å². The van der Waals surface area contributed by atoms with Crippen LogP contribution < -0.4 is 11.5 Å². The highest BCUT2D eigenvalue weighted by atomic mass is 16.4. The Morgan fingerprint density at radius 2 is 0.780 bits per heavy atom. The SMILES string of the molecule is Nc1ccc(Cc2ccc(N)cc2)cc1.O=C(c1ccc(C(=O)O)c(C(=O)O)c1)c1ccc(C(=O)O)c(C(=O)O)c1. The van der Waals surface area contributed by atoms with E-state index in [-0.39, 0.29) is 11.1 Å². The molecule has 0 spiro atoms. The number of carbonyl (C=O) groups is 5. The lowest BCUT2D eigenvalue weighted by Crippen LogP contribution is -2.13. The molecule has 0 aromatic heterocycles. The number of hydrogen-bond acceptors (Lipinski definition) is 7. The molecule has 0 amide bonds. The third kappa shape index (κ3) is 7.54. The number of ketones is 1. The number of nitrogens with two attached hydrogens (primary N) is 2. The molecule has 0 aliphatic carbocycles. The van der Waals surface area contributed by atoms with Crippen LogP contribution >= 0.6 is 0 Å². The van der Waals surface area contributed by atoms with Gasteiger partial charge >= 0.3 is 23.9 Å². The van der Waals surface area contributed by atoms with Crippen molar-refractivity contribution in [3.05, 3.63) is 129 Å². The van der Waals surface area contributed by atoms with E-state index < -0.39 is 51.9 Å². The largest absolute Gasteiger partial charge is 0.478 e. The van der Waals surface area contributed by atoms with E-state index in [9.17, 15) is 24.0 Å². The number of nitrogen functional groups attached to an aromatic ring is 2. The molecule has 0 radical (unpaired) electrons. The average molecular weight is 557 g/mol. The van der Waals surface area contributed by atoms with E-state index in [2.05, 4.69) is 0 Å². The van der Waals surface area contributed by atoms with E-state index in [4.69, 9.17) is 31.9 Å². The number of rotatable bonds is 8. The standard InChI is InChI=1S/C17H10O9.C13H14N2/c18-13(7-1-3-9(14(19)20)11(5-7)16(23)24)8-2-4-10(15(21)22)12(6-8)17(25)26;14-12-5-1-10(2-6-12)9-11-3-7-13(15)8-4-11/h1-6H,(H,19,20)(H,21,22)(H,23,24)(H,25,26);1-8H,9,14-15H2. The van der Waals surface area contributed by atoms with Gasteiger partial charge in [0.15, 0.2) is 5.78 Å². The van der Waals surface area contributed by atoms with Gasteiger partial charge in [0.05, 0.1) is 22.3 Å². The van der Waals surface area contributed by atoms with Crippen molar-refractivity contribution < 1.29 is 44.4 Å². The minimum Gasteiger partial charge on any atom is -0.478 e. The molecular formula is C30H24N2O9. The molecule has 4 aromatic carbocycles. The molecule has 0 saturated carbocycles. The first-order valence-corrected chi connectivity index (χ1v) is 11.8. The monoisotopic (exact) mass is 556 g/mol. The van der Waals surface area contributed by atoms with Crippen molar-refractivity contribution in [1.29, 1.82) is 0 Å². The Morgan fingerprint density at radius 1 is 0.463 bits per heavy atom. The second-order valence-corrected chi connectivity index (χ2v) is 8.73. The van der Waals surface area contributed by atoms with Gasteiger partial charge in [-0.05, 0) is 66.1 Å². The average Bonchev–Trinajstić information content (AvgIpc) is 2.94. The van der Waals surface area contributed by atoms with Gasteiger partial charge in [0.25, 0.3) is 0 Å². The van der Waals surface area contributed by atoms with Gasteiger partial charge in [-0.1, -0.05) is 36.4 Å². The topological polar surface area (TPSA) is 218 Å². The van der Waals surface area contributed by atoms with Crippen LogP contribution in [0.4, 0.5) is 11.4 Å². The lowest BCUT2D eigenvalue weighted by Gasteiger charge is -2.08. The maximum Gasteiger partial charge on any atom is 0.336 e. The van der Waals surface area contributed by atoms with Crippen LogP contribution in [0.1, 0.15) is 68.5 Å². The van der Waals surface area contributed by atoms with Gasteiger partial charge in [0.2, 0.25) is 0 Å². The second kappa shape index (κ2) is 12.7. The van der Waals surface area contributed by atoms with E-state index >= 15 is 0 Å². The molecule has 0 atom stereocenters. The highest BCUT2D eigenvalue weighted by Gasteiger charge is 2.22. The van der Waals surface area contributed by atoms with E-state index in [1.165, 1.54) is 11.1 Å². The summed E-state index contributed by atoms with van der Waals surface area (Å²) >= 11 is 0. The molecule has 0 unspecified atom stereocenters. The van der Waals surface area contributed by atoms with Crippen molar-refractivity contribution >= 4 is 41.0 Å². The molecule has 208 valence electrons. The summed E-state index contributed by atoms with van der Waals surface area (Å²) in [5.41, 5.74) is 12.8. The lowest BCUT2D eigenvalue weighted by molar-refractivity contribution is 0.0651. The lowest BCUT2D eigenvalue weighted by atomic mass is 9.95. The smallest absolute Gasteiger partial charge is 0.336 e. The molecule has 0 fully saturated rings. The zero-order chi connectivity index (χ0) is 30.3. The summed E-state index contributed by atoms with van der Waals surface area (Å²) < 4.78 is 0. The zero-order valence-corrected chi connectivity index (χ0v) is 21.3. The number of benzene rings is 4. The molecule has 4 rings (SSSR count). The molecule has 0 aliphatic heterocycles. The van der Waals surface area contributed by atoms with E-state index in [0.717, 1.165) is 54.2 Å². The van der Waals surface area contributed by atoms with E-state index in [0.29, 0.717) is 0 Å². The molecule has 11 heteroatoms. The molecule has 11 nitrogen and oxygen atoms in total. The Morgan fingerprint density at radius 3 is 1.07 bits per heavy atom. The highest BCUT2D eigenvalue weighted by Crippen LogP contribution is 2.19. The number of carbonyl (C=O) groups excluding carboxylic acids is 1. The van der Waals surface area contributed by atoms with E-state index in [1.807, 2.05) is 48.5 Å². The van der Waals surface area contributed by atoms with Gasteiger partial charge in [-0.2, -0.15) is 0 Å². The first-order valence-electron chi connectivity index (χ1n) is 11.8. The van der Waals surface area contributed by atoms with Gasteiger partial charge in [-0.25, -0.2) is 19.2 Å². The van der Waals surface area contributed by atoms with Crippen molar-refractivity contribution in [2.24, 2.45) is 0 Å². The Balaban J connectivity index is 0.000000260. The number of carboxylic acids is 4. The quantitative estimate of drug-likeness (QED) is 0.134. The second-order valence-electron chi connectivity index (χ2n) is 8.73. The maximum absolute atomic E-state index is 12.5. The Labute approximate surface area is 232 Å². The van der Waals surface area contributed by atoms with Crippen LogP contribution in [-0.2, 0) is 6.42 Å². The fourth-order valence-corrected chi connectivity index (χ4v) is 3.77. The molecule has 0 bridgehead atoms. The fourth-order valence-electron chi connectivity index (χ4n) is 3.77. The molecule has 4 aromatic rings. The van der Waals surface area contributed by atoms with Crippen molar-refractivity contribution in [1.82, 2.24) is 0 Å². The van der Waals surface area contributed by atoms with E-state index in [1.54, 1.807) is 0 Å². The first-order chi connectivity index (χ1) is 19.4. The third-order valence-corrected chi connectivity index (χ3v) is 5.85.